The summed E-state index contributed by atoms with van der Waals surface area (Å²) >= 11 is 0. The Bertz CT molecular complexity index is 228. The highest BCUT2D eigenvalue weighted by atomic mass is 16.5. The van der Waals surface area contributed by atoms with Crippen LogP contribution in [0.3, 0.4) is 0 Å². The highest BCUT2D eigenvalue weighted by molar-refractivity contribution is 4.88. The predicted molar refractivity (Wildman–Crippen MR) is 69.0 cm³/mol. The van der Waals surface area contributed by atoms with Crippen molar-refractivity contribution < 1.29 is 9.47 Å². The Morgan fingerprint density at radius 1 is 1.29 bits per heavy atom. The van der Waals surface area contributed by atoms with Crippen LogP contribution in [-0.4, -0.2) is 31.5 Å². The van der Waals surface area contributed by atoms with Gasteiger partial charge >= 0.3 is 0 Å². The summed E-state index contributed by atoms with van der Waals surface area (Å²) in [6.07, 6.45) is 8.77. The zero-order valence-corrected chi connectivity index (χ0v) is 11.1. The summed E-state index contributed by atoms with van der Waals surface area (Å²) in [6, 6.07) is 0. The lowest BCUT2D eigenvalue weighted by Crippen LogP contribution is -2.46. The summed E-state index contributed by atoms with van der Waals surface area (Å²) in [7, 11) is 0. The van der Waals surface area contributed by atoms with Gasteiger partial charge in [-0.05, 0) is 38.0 Å². The van der Waals surface area contributed by atoms with Gasteiger partial charge in [0.2, 0.25) is 0 Å². The van der Waals surface area contributed by atoms with Gasteiger partial charge in [-0.15, -0.1) is 0 Å². The lowest BCUT2D eigenvalue weighted by molar-refractivity contribution is -0.122. The maximum atomic E-state index is 6.18. The second-order valence-electron chi connectivity index (χ2n) is 5.89. The minimum atomic E-state index is -0.0571. The van der Waals surface area contributed by atoms with Crippen molar-refractivity contribution in [2.45, 2.75) is 63.6 Å². The van der Waals surface area contributed by atoms with E-state index in [1.165, 1.54) is 25.7 Å². The van der Waals surface area contributed by atoms with Crippen LogP contribution in [0.15, 0.2) is 0 Å². The predicted octanol–water partition coefficient (Wildman–Crippen LogP) is 2.48. The topological polar surface area (TPSA) is 44.5 Å². The second kappa shape index (κ2) is 6.17. The number of hydrogen-bond donors (Lipinski definition) is 1. The molecule has 2 fully saturated rings. The molecule has 1 saturated carbocycles. The molecule has 0 aromatic rings. The van der Waals surface area contributed by atoms with Gasteiger partial charge in [0, 0.05) is 13.2 Å². The number of hydrogen-bond acceptors (Lipinski definition) is 3. The molecule has 3 atom stereocenters. The van der Waals surface area contributed by atoms with Crippen LogP contribution in [0.2, 0.25) is 0 Å². The van der Waals surface area contributed by atoms with Gasteiger partial charge in [-0.3, -0.25) is 0 Å². The molecule has 2 N–H and O–H groups in total. The molecule has 2 rings (SSSR count). The molecule has 17 heavy (non-hydrogen) atoms. The fourth-order valence-corrected chi connectivity index (χ4v) is 3.20. The van der Waals surface area contributed by atoms with E-state index in [9.17, 15) is 0 Å². The Hall–Kier alpha value is -0.120. The molecule has 1 saturated heterocycles. The number of ether oxygens (including phenoxy) is 2. The van der Waals surface area contributed by atoms with E-state index in [2.05, 4.69) is 6.92 Å². The Balaban J connectivity index is 1.81. The maximum Gasteiger partial charge on any atom is 0.0808 e. The third-order valence-electron chi connectivity index (χ3n) is 4.27. The van der Waals surface area contributed by atoms with Crippen molar-refractivity contribution in [1.29, 1.82) is 0 Å². The van der Waals surface area contributed by atoms with E-state index in [-0.39, 0.29) is 5.60 Å². The summed E-state index contributed by atoms with van der Waals surface area (Å²) in [5.41, 5.74) is 5.89. The number of nitrogens with two attached hydrogens (primary N) is 1. The van der Waals surface area contributed by atoms with Gasteiger partial charge in [0.05, 0.1) is 18.3 Å². The molecular formula is C14H27NO2. The van der Waals surface area contributed by atoms with E-state index >= 15 is 0 Å². The van der Waals surface area contributed by atoms with Crippen LogP contribution >= 0.6 is 0 Å². The summed E-state index contributed by atoms with van der Waals surface area (Å²) in [6.45, 7) is 4.61. The fraction of sp³-hybridized carbons (Fsp3) is 1.00. The first-order chi connectivity index (χ1) is 8.24. The summed E-state index contributed by atoms with van der Waals surface area (Å²) in [4.78, 5) is 0. The molecule has 2 aliphatic rings. The van der Waals surface area contributed by atoms with Crippen molar-refractivity contribution in [2.24, 2.45) is 11.7 Å². The smallest absolute Gasteiger partial charge is 0.0808 e. The van der Waals surface area contributed by atoms with Crippen molar-refractivity contribution in [3.63, 3.8) is 0 Å². The van der Waals surface area contributed by atoms with Crippen LogP contribution in [0.4, 0.5) is 0 Å². The number of rotatable bonds is 4. The molecule has 1 aliphatic heterocycles. The van der Waals surface area contributed by atoms with E-state index in [0.717, 1.165) is 38.4 Å². The van der Waals surface area contributed by atoms with Crippen molar-refractivity contribution in [2.75, 3.05) is 19.8 Å². The quantitative estimate of drug-likeness (QED) is 0.822. The molecular weight excluding hydrogens is 214 g/mol. The minimum absolute atomic E-state index is 0.0571. The van der Waals surface area contributed by atoms with Crippen molar-refractivity contribution in [3.05, 3.63) is 0 Å². The van der Waals surface area contributed by atoms with Gasteiger partial charge in [0.15, 0.2) is 0 Å². The first kappa shape index (κ1) is 13.3. The van der Waals surface area contributed by atoms with Crippen molar-refractivity contribution >= 4 is 0 Å². The fourth-order valence-electron chi connectivity index (χ4n) is 3.20. The van der Waals surface area contributed by atoms with Gasteiger partial charge in [-0.25, -0.2) is 0 Å². The van der Waals surface area contributed by atoms with E-state index in [1.807, 2.05) is 0 Å². The lowest BCUT2D eigenvalue weighted by atomic mass is 9.79. The summed E-state index contributed by atoms with van der Waals surface area (Å²) < 4.78 is 11.9. The molecule has 3 heteroatoms. The van der Waals surface area contributed by atoms with Crippen LogP contribution in [0.5, 0.6) is 0 Å². The van der Waals surface area contributed by atoms with Crippen molar-refractivity contribution in [3.8, 4) is 0 Å². The molecule has 0 bridgehead atoms. The molecule has 0 aromatic heterocycles. The molecule has 0 aromatic carbocycles. The molecule has 100 valence electrons. The zero-order valence-electron chi connectivity index (χ0n) is 11.1. The molecule has 3 unspecified atom stereocenters. The van der Waals surface area contributed by atoms with Gasteiger partial charge in [-0.2, -0.15) is 0 Å². The average molecular weight is 241 g/mol. The molecule has 3 nitrogen and oxygen atoms in total. The van der Waals surface area contributed by atoms with Crippen LogP contribution in [-0.2, 0) is 9.47 Å². The van der Waals surface area contributed by atoms with Crippen LogP contribution < -0.4 is 5.73 Å². The van der Waals surface area contributed by atoms with Crippen LogP contribution in [0, 0.1) is 5.92 Å². The van der Waals surface area contributed by atoms with Gasteiger partial charge < -0.3 is 15.2 Å². The van der Waals surface area contributed by atoms with Crippen molar-refractivity contribution in [1.82, 2.24) is 0 Å². The van der Waals surface area contributed by atoms with E-state index < -0.39 is 0 Å². The van der Waals surface area contributed by atoms with Crippen LogP contribution in [0.1, 0.15) is 51.9 Å². The highest BCUT2D eigenvalue weighted by Gasteiger charge is 2.35. The van der Waals surface area contributed by atoms with Gasteiger partial charge in [-0.1, -0.05) is 19.8 Å². The minimum Gasteiger partial charge on any atom is -0.376 e. The maximum absolute atomic E-state index is 6.18. The monoisotopic (exact) mass is 241 g/mol. The molecule has 0 spiro atoms. The lowest BCUT2D eigenvalue weighted by Gasteiger charge is -2.40. The first-order valence-electron chi connectivity index (χ1n) is 7.20. The first-order valence-corrected chi connectivity index (χ1v) is 7.20. The van der Waals surface area contributed by atoms with E-state index in [4.69, 9.17) is 15.2 Å². The van der Waals surface area contributed by atoms with E-state index in [0.29, 0.717) is 12.6 Å². The second-order valence-corrected chi connectivity index (χ2v) is 5.89. The van der Waals surface area contributed by atoms with Gasteiger partial charge in [0.25, 0.3) is 0 Å². The Morgan fingerprint density at radius 2 is 2.18 bits per heavy atom. The van der Waals surface area contributed by atoms with E-state index in [1.54, 1.807) is 0 Å². The third-order valence-corrected chi connectivity index (χ3v) is 4.27. The molecule has 1 heterocycles. The van der Waals surface area contributed by atoms with Gasteiger partial charge in [0.1, 0.15) is 0 Å². The highest BCUT2D eigenvalue weighted by Crippen LogP contribution is 2.34. The molecule has 0 radical (unpaired) electrons. The summed E-state index contributed by atoms with van der Waals surface area (Å²) in [5, 5.41) is 0. The third kappa shape index (κ3) is 3.67. The largest absolute Gasteiger partial charge is 0.376 e. The summed E-state index contributed by atoms with van der Waals surface area (Å²) in [5.74, 6) is 0.750. The molecule has 0 amide bonds. The Morgan fingerprint density at radius 3 is 2.82 bits per heavy atom. The Kier molecular flexibility index (Phi) is 4.83. The van der Waals surface area contributed by atoms with Crippen LogP contribution in [0.25, 0.3) is 0 Å². The normalized spacial score (nSPS) is 39.2. The standard InChI is InChI=1S/C14H27NO2/c1-12-5-4-7-14(9-12,11-15)17-10-13-6-2-3-8-16-13/h12-13H,2-11,15H2,1H3. The molecule has 1 aliphatic carbocycles. The Labute approximate surface area is 105 Å². The SMILES string of the molecule is CC1CCCC(CN)(OCC2CCCCO2)C1. The average Bonchev–Trinajstić information content (AvgIpc) is 2.38. The zero-order chi connectivity index (χ0) is 12.1.